The minimum atomic E-state index is 0.466. The molecule has 1 aliphatic heterocycles. The largest absolute Gasteiger partial charge is 0.355 e. The summed E-state index contributed by atoms with van der Waals surface area (Å²) in [4.78, 5) is 10.8. The van der Waals surface area contributed by atoms with Crippen molar-refractivity contribution < 1.29 is 0 Å². The van der Waals surface area contributed by atoms with E-state index >= 15 is 0 Å². The molecule has 0 unspecified atom stereocenters. The van der Waals surface area contributed by atoms with Crippen molar-refractivity contribution in [3.8, 4) is 6.07 Å². The minimum absolute atomic E-state index is 0.466. The highest BCUT2D eigenvalue weighted by atomic mass is 15.2. The van der Waals surface area contributed by atoms with Gasteiger partial charge in [-0.1, -0.05) is 12.1 Å². The Bertz CT molecular complexity index is 582. The Hall–Kier alpha value is -2.41. The molecule has 0 bridgehead atoms. The molecule has 2 aromatic heterocycles. The van der Waals surface area contributed by atoms with Crippen LogP contribution in [0.4, 0.5) is 5.82 Å². The van der Waals surface area contributed by atoms with E-state index in [1.165, 1.54) is 0 Å². The lowest BCUT2D eigenvalue weighted by Crippen LogP contribution is -2.45. The van der Waals surface area contributed by atoms with E-state index in [2.05, 4.69) is 27.0 Å². The van der Waals surface area contributed by atoms with Crippen LogP contribution in [0.5, 0.6) is 0 Å². The molecule has 4 nitrogen and oxygen atoms in total. The molecule has 0 spiro atoms. The minimum Gasteiger partial charge on any atom is -0.355 e. The second kappa shape index (κ2) is 4.46. The first-order chi connectivity index (χ1) is 8.86. The standard InChI is InChI=1S/C14H12N4/c15-8-12-4-3-6-14(17-12)18-9-11(10-18)13-5-1-2-7-16-13/h1-7,11H,9-10H2. The number of pyridine rings is 2. The molecule has 2 aromatic rings. The van der Waals surface area contributed by atoms with Crippen molar-refractivity contribution in [2.45, 2.75) is 5.92 Å². The average molecular weight is 236 g/mol. The Balaban J connectivity index is 1.70. The van der Waals surface area contributed by atoms with Gasteiger partial charge in [0.1, 0.15) is 17.6 Å². The number of nitriles is 1. The maximum absolute atomic E-state index is 8.82. The van der Waals surface area contributed by atoms with Crippen LogP contribution in [0.2, 0.25) is 0 Å². The molecule has 1 aliphatic rings. The lowest BCUT2D eigenvalue weighted by atomic mass is 9.96. The summed E-state index contributed by atoms with van der Waals surface area (Å²) in [7, 11) is 0. The summed E-state index contributed by atoms with van der Waals surface area (Å²) in [5.41, 5.74) is 1.60. The van der Waals surface area contributed by atoms with Gasteiger partial charge in [-0.2, -0.15) is 5.26 Å². The van der Waals surface area contributed by atoms with Crippen LogP contribution in [-0.4, -0.2) is 23.1 Å². The van der Waals surface area contributed by atoms with Gasteiger partial charge in [0.15, 0.2) is 0 Å². The van der Waals surface area contributed by atoms with E-state index in [0.717, 1.165) is 24.6 Å². The molecule has 0 aromatic carbocycles. The number of aromatic nitrogens is 2. The van der Waals surface area contributed by atoms with Crippen LogP contribution >= 0.6 is 0 Å². The lowest BCUT2D eigenvalue weighted by Gasteiger charge is -2.39. The lowest BCUT2D eigenvalue weighted by molar-refractivity contribution is 0.509. The van der Waals surface area contributed by atoms with Gasteiger partial charge >= 0.3 is 0 Å². The smallest absolute Gasteiger partial charge is 0.142 e. The molecule has 3 rings (SSSR count). The molecule has 4 heteroatoms. The Labute approximate surface area is 106 Å². The van der Waals surface area contributed by atoms with E-state index in [0.29, 0.717) is 11.6 Å². The Kier molecular flexibility index (Phi) is 2.66. The first kappa shape index (κ1) is 10.7. The van der Waals surface area contributed by atoms with Gasteiger partial charge in [-0.3, -0.25) is 4.98 Å². The highest BCUT2D eigenvalue weighted by molar-refractivity contribution is 5.46. The fourth-order valence-corrected chi connectivity index (χ4v) is 2.13. The van der Waals surface area contributed by atoms with Gasteiger partial charge in [0, 0.05) is 30.9 Å². The van der Waals surface area contributed by atoms with Gasteiger partial charge in [0.25, 0.3) is 0 Å². The summed E-state index contributed by atoms with van der Waals surface area (Å²) in [6, 6.07) is 13.6. The van der Waals surface area contributed by atoms with Crippen LogP contribution < -0.4 is 4.90 Å². The zero-order valence-electron chi connectivity index (χ0n) is 9.82. The summed E-state index contributed by atoms with van der Waals surface area (Å²) < 4.78 is 0. The number of hydrogen-bond donors (Lipinski definition) is 0. The summed E-state index contributed by atoms with van der Waals surface area (Å²) in [5, 5.41) is 8.82. The van der Waals surface area contributed by atoms with Crippen LogP contribution in [0, 0.1) is 11.3 Å². The number of rotatable bonds is 2. The second-order valence-corrected chi connectivity index (χ2v) is 4.35. The first-order valence-electron chi connectivity index (χ1n) is 5.90. The summed E-state index contributed by atoms with van der Waals surface area (Å²) in [6.07, 6.45) is 1.83. The van der Waals surface area contributed by atoms with E-state index in [1.807, 2.05) is 30.5 Å². The zero-order valence-corrected chi connectivity index (χ0v) is 9.82. The molecular formula is C14H12N4. The molecule has 88 valence electrons. The van der Waals surface area contributed by atoms with E-state index in [4.69, 9.17) is 5.26 Å². The maximum Gasteiger partial charge on any atom is 0.142 e. The third-order valence-corrected chi connectivity index (χ3v) is 3.16. The molecule has 0 radical (unpaired) electrons. The molecule has 3 heterocycles. The summed E-state index contributed by atoms with van der Waals surface area (Å²) >= 11 is 0. The van der Waals surface area contributed by atoms with Crippen molar-refractivity contribution in [1.29, 1.82) is 5.26 Å². The van der Waals surface area contributed by atoms with Crippen LogP contribution in [0.1, 0.15) is 17.3 Å². The van der Waals surface area contributed by atoms with Gasteiger partial charge < -0.3 is 4.90 Å². The van der Waals surface area contributed by atoms with Gasteiger partial charge in [-0.05, 0) is 24.3 Å². The number of hydrogen-bond acceptors (Lipinski definition) is 4. The third kappa shape index (κ3) is 1.91. The molecule has 0 atom stereocenters. The van der Waals surface area contributed by atoms with E-state index in [9.17, 15) is 0 Å². The Morgan fingerprint density at radius 2 is 2.06 bits per heavy atom. The molecule has 0 aliphatic carbocycles. The highest BCUT2D eigenvalue weighted by Crippen LogP contribution is 2.29. The van der Waals surface area contributed by atoms with E-state index in [-0.39, 0.29) is 0 Å². The molecule has 1 fully saturated rings. The van der Waals surface area contributed by atoms with Gasteiger partial charge in [-0.25, -0.2) is 4.98 Å². The van der Waals surface area contributed by atoms with Gasteiger partial charge in [-0.15, -0.1) is 0 Å². The first-order valence-corrected chi connectivity index (χ1v) is 5.90. The maximum atomic E-state index is 8.82. The average Bonchev–Trinajstić information content (AvgIpc) is 2.39. The van der Waals surface area contributed by atoms with Crippen molar-refractivity contribution in [3.63, 3.8) is 0 Å². The van der Waals surface area contributed by atoms with Crippen molar-refractivity contribution in [2.24, 2.45) is 0 Å². The quantitative estimate of drug-likeness (QED) is 0.799. The molecular weight excluding hydrogens is 224 g/mol. The van der Waals surface area contributed by atoms with Crippen LogP contribution in [0.25, 0.3) is 0 Å². The fraction of sp³-hybridized carbons (Fsp3) is 0.214. The zero-order chi connectivity index (χ0) is 12.4. The van der Waals surface area contributed by atoms with E-state index in [1.54, 1.807) is 6.07 Å². The monoisotopic (exact) mass is 236 g/mol. The topological polar surface area (TPSA) is 52.8 Å². The molecule has 0 N–H and O–H groups in total. The predicted molar refractivity (Wildman–Crippen MR) is 68.1 cm³/mol. The summed E-state index contributed by atoms with van der Waals surface area (Å²) in [6.45, 7) is 1.83. The molecule has 0 saturated carbocycles. The molecule has 18 heavy (non-hydrogen) atoms. The number of nitrogens with zero attached hydrogens (tertiary/aromatic N) is 4. The molecule has 0 amide bonds. The molecule has 1 saturated heterocycles. The normalized spacial score (nSPS) is 14.9. The van der Waals surface area contributed by atoms with Gasteiger partial charge in [0.05, 0.1) is 0 Å². The van der Waals surface area contributed by atoms with Crippen molar-refractivity contribution in [3.05, 3.63) is 54.0 Å². The second-order valence-electron chi connectivity index (χ2n) is 4.35. The Morgan fingerprint density at radius 1 is 1.17 bits per heavy atom. The SMILES string of the molecule is N#Cc1cccc(N2CC(c3ccccn3)C2)n1. The van der Waals surface area contributed by atoms with Crippen molar-refractivity contribution >= 4 is 5.82 Å². The predicted octanol–water partition coefficient (Wildman–Crippen LogP) is 1.95. The fourth-order valence-electron chi connectivity index (χ4n) is 2.13. The van der Waals surface area contributed by atoms with Crippen LogP contribution in [-0.2, 0) is 0 Å². The van der Waals surface area contributed by atoms with Crippen molar-refractivity contribution in [1.82, 2.24) is 9.97 Å². The third-order valence-electron chi connectivity index (χ3n) is 3.16. The van der Waals surface area contributed by atoms with Crippen LogP contribution in [0.3, 0.4) is 0 Å². The van der Waals surface area contributed by atoms with Crippen LogP contribution in [0.15, 0.2) is 42.6 Å². The van der Waals surface area contributed by atoms with Gasteiger partial charge in [0.2, 0.25) is 0 Å². The Morgan fingerprint density at radius 3 is 2.78 bits per heavy atom. The summed E-state index contributed by atoms with van der Waals surface area (Å²) in [5.74, 6) is 1.35. The van der Waals surface area contributed by atoms with Crippen molar-refractivity contribution in [2.75, 3.05) is 18.0 Å². The highest BCUT2D eigenvalue weighted by Gasteiger charge is 2.29. The van der Waals surface area contributed by atoms with E-state index < -0.39 is 0 Å². The number of anilines is 1.